The number of para-hydroxylation sites is 1. The minimum atomic E-state index is -0.0770. The summed E-state index contributed by atoms with van der Waals surface area (Å²) in [5.74, 6) is 0.622. The second-order valence-electron chi connectivity index (χ2n) is 6.61. The third-order valence-electron chi connectivity index (χ3n) is 4.65. The molecule has 6 heteroatoms. The zero-order valence-electron chi connectivity index (χ0n) is 15.4. The monoisotopic (exact) mass is 431 g/mol. The van der Waals surface area contributed by atoms with Gasteiger partial charge in [-0.2, -0.15) is 0 Å². The maximum absolute atomic E-state index is 11.9. The Morgan fingerprint density at radius 2 is 1.70 bits per heavy atom. The molecular formula is C21H26BrN3O2. The molecule has 5 nitrogen and oxygen atoms in total. The summed E-state index contributed by atoms with van der Waals surface area (Å²) in [6.07, 6.45) is 0.954. The van der Waals surface area contributed by atoms with Crippen LogP contribution in [0.2, 0.25) is 0 Å². The second-order valence-corrected chi connectivity index (χ2v) is 7.53. The summed E-state index contributed by atoms with van der Waals surface area (Å²) in [4.78, 5) is 16.8. The molecule has 0 spiro atoms. The molecule has 0 radical (unpaired) electrons. The van der Waals surface area contributed by atoms with Crippen molar-refractivity contribution in [1.29, 1.82) is 0 Å². The van der Waals surface area contributed by atoms with Crippen molar-refractivity contribution < 1.29 is 9.53 Å². The number of anilines is 1. The van der Waals surface area contributed by atoms with Crippen molar-refractivity contribution in [2.45, 2.75) is 6.42 Å². The Kier molecular flexibility index (Phi) is 7.54. The molecule has 2 aromatic rings. The topological polar surface area (TPSA) is 44.8 Å². The number of halogens is 1. The van der Waals surface area contributed by atoms with Crippen LogP contribution in [0.4, 0.5) is 5.69 Å². The molecule has 1 heterocycles. The van der Waals surface area contributed by atoms with Gasteiger partial charge in [-0.25, -0.2) is 0 Å². The van der Waals surface area contributed by atoms with Gasteiger partial charge in [0.1, 0.15) is 5.75 Å². The van der Waals surface area contributed by atoms with Gasteiger partial charge in [0.2, 0.25) is 0 Å². The Balaban J connectivity index is 1.26. The summed E-state index contributed by atoms with van der Waals surface area (Å²) >= 11 is 3.37. The van der Waals surface area contributed by atoms with Crippen molar-refractivity contribution in [3.63, 3.8) is 0 Å². The quantitative estimate of drug-likeness (QED) is 0.651. The molecule has 144 valence electrons. The fraction of sp³-hybridized carbons (Fsp3) is 0.381. The first-order chi connectivity index (χ1) is 13.2. The van der Waals surface area contributed by atoms with Gasteiger partial charge in [-0.1, -0.05) is 34.1 Å². The molecule has 1 aliphatic heterocycles. The number of nitrogens with zero attached hydrogens (tertiary/aromatic N) is 2. The van der Waals surface area contributed by atoms with Crippen LogP contribution in [-0.2, 0) is 4.79 Å². The Labute approximate surface area is 169 Å². The average molecular weight is 432 g/mol. The molecule has 0 saturated carbocycles. The number of hydrogen-bond donors (Lipinski definition) is 1. The third kappa shape index (κ3) is 6.56. The molecule has 3 rings (SSSR count). The van der Waals surface area contributed by atoms with Crippen LogP contribution < -0.4 is 15.0 Å². The predicted octanol–water partition coefficient (Wildman–Crippen LogP) is 3.16. The third-order valence-corrected chi connectivity index (χ3v) is 5.18. The predicted molar refractivity (Wildman–Crippen MR) is 112 cm³/mol. The standard InChI is InChI=1S/C21H26BrN3O2/c22-18-7-9-20(10-8-18)27-17-21(26)23-11-4-12-24-13-15-25(16-14-24)19-5-2-1-3-6-19/h1-3,5-10H,4,11-17H2,(H,23,26). The van der Waals surface area contributed by atoms with Crippen molar-refractivity contribution in [3.8, 4) is 5.75 Å². The summed E-state index contributed by atoms with van der Waals surface area (Å²) in [5, 5.41) is 2.93. The number of carbonyl (C=O) groups excluding carboxylic acids is 1. The minimum absolute atomic E-state index is 0.0530. The van der Waals surface area contributed by atoms with E-state index in [9.17, 15) is 4.79 Å². The molecular weight excluding hydrogens is 406 g/mol. The van der Waals surface area contributed by atoms with Gasteiger partial charge in [-0.3, -0.25) is 9.69 Å². The molecule has 27 heavy (non-hydrogen) atoms. The largest absolute Gasteiger partial charge is 0.484 e. The molecule has 0 atom stereocenters. The molecule has 0 aliphatic carbocycles. The maximum atomic E-state index is 11.9. The van der Waals surface area contributed by atoms with Crippen molar-refractivity contribution in [1.82, 2.24) is 10.2 Å². The summed E-state index contributed by atoms with van der Waals surface area (Å²) in [6.45, 7) is 5.98. The molecule has 1 amide bonds. The summed E-state index contributed by atoms with van der Waals surface area (Å²) < 4.78 is 6.46. The fourth-order valence-electron chi connectivity index (χ4n) is 3.13. The number of carbonyl (C=O) groups is 1. The van der Waals surface area contributed by atoms with Gasteiger partial charge in [0.25, 0.3) is 5.91 Å². The van der Waals surface area contributed by atoms with Crippen LogP contribution in [0.15, 0.2) is 59.1 Å². The fourth-order valence-corrected chi connectivity index (χ4v) is 3.39. The lowest BCUT2D eigenvalue weighted by atomic mass is 10.2. The first-order valence-corrected chi connectivity index (χ1v) is 10.2. The SMILES string of the molecule is O=C(COc1ccc(Br)cc1)NCCCN1CCN(c2ccccc2)CC1. The Morgan fingerprint density at radius 3 is 2.41 bits per heavy atom. The van der Waals surface area contributed by atoms with Crippen LogP contribution in [-0.4, -0.2) is 56.7 Å². The van der Waals surface area contributed by atoms with E-state index in [1.54, 1.807) is 0 Å². The van der Waals surface area contributed by atoms with E-state index in [4.69, 9.17) is 4.74 Å². The minimum Gasteiger partial charge on any atom is -0.484 e. The van der Waals surface area contributed by atoms with Gasteiger partial charge in [0.05, 0.1) is 0 Å². The molecule has 1 N–H and O–H groups in total. The van der Waals surface area contributed by atoms with Crippen LogP contribution in [0.1, 0.15) is 6.42 Å². The first kappa shape index (κ1) is 19.7. The number of ether oxygens (including phenoxy) is 1. The van der Waals surface area contributed by atoms with Crippen molar-refractivity contribution in [3.05, 3.63) is 59.1 Å². The highest BCUT2D eigenvalue weighted by Gasteiger charge is 2.16. The molecule has 0 unspecified atom stereocenters. The van der Waals surface area contributed by atoms with E-state index in [0.29, 0.717) is 12.3 Å². The molecule has 0 bridgehead atoms. The van der Waals surface area contributed by atoms with E-state index in [2.05, 4.69) is 61.4 Å². The van der Waals surface area contributed by atoms with E-state index < -0.39 is 0 Å². The number of amides is 1. The van der Waals surface area contributed by atoms with E-state index >= 15 is 0 Å². The number of rotatable bonds is 8. The Hall–Kier alpha value is -2.05. The van der Waals surface area contributed by atoms with E-state index in [-0.39, 0.29) is 12.5 Å². The zero-order valence-corrected chi connectivity index (χ0v) is 17.0. The van der Waals surface area contributed by atoms with Gasteiger partial charge in [-0.05, 0) is 49.4 Å². The van der Waals surface area contributed by atoms with Crippen molar-refractivity contribution in [2.24, 2.45) is 0 Å². The number of hydrogen-bond acceptors (Lipinski definition) is 4. The highest BCUT2D eigenvalue weighted by molar-refractivity contribution is 9.10. The highest BCUT2D eigenvalue weighted by atomic mass is 79.9. The van der Waals surface area contributed by atoms with Crippen LogP contribution in [0.5, 0.6) is 5.75 Å². The van der Waals surface area contributed by atoms with Gasteiger partial charge < -0.3 is 15.0 Å². The summed E-state index contributed by atoms with van der Waals surface area (Å²) in [5.41, 5.74) is 1.30. The lowest BCUT2D eigenvalue weighted by molar-refractivity contribution is -0.123. The Bertz CT molecular complexity index is 701. The average Bonchev–Trinajstić information content (AvgIpc) is 2.72. The normalized spacial score (nSPS) is 14.8. The van der Waals surface area contributed by atoms with E-state index in [0.717, 1.165) is 43.6 Å². The van der Waals surface area contributed by atoms with Crippen molar-refractivity contribution in [2.75, 3.05) is 50.8 Å². The molecule has 0 aromatic heterocycles. The van der Waals surface area contributed by atoms with Gasteiger partial charge in [-0.15, -0.1) is 0 Å². The lowest BCUT2D eigenvalue weighted by Crippen LogP contribution is -2.47. The summed E-state index contributed by atoms with van der Waals surface area (Å²) in [7, 11) is 0. The smallest absolute Gasteiger partial charge is 0.257 e. The molecule has 2 aromatic carbocycles. The molecule has 1 aliphatic rings. The van der Waals surface area contributed by atoms with E-state index in [1.807, 2.05) is 24.3 Å². The molecule has 1 fully saturated rings. The maximum Gasteiger partial charge on any atom is 0.257 e. The van der Waals surface area contributed by atoms with Gasteiger partial charge >= 0.3 is 0 Å². The van der Waals surface area contributed by atoms with Crippen LogP contribution in [0.25, 0.3) is 0 Å². The van der Waals surface area contributed by atoms with E-state index in [1.165, 1.54) is 5.69 Å². The number of benzene rings is 2. The van der Waals surface area contributed by atoms with Crippen molar-refractivity contribution >= 4 is 27.5 Å². The summed E-state index contributed by atoms with van der Waals surface area (Å²) in [6, 6.07) is 18.0. The van der Waals surface area contributed by atoms with Crippen LogP contribution in [0.3, 0.4) is 0 Å². The highest BCUT2D eigenvalue weighted by Crippen LogP contribution is 2.16. The number of piperazine rings is 1. The Morgan fingerprint density at radius 1 is 1.00 bits per heavy atom. The first-order valence-electron chi connectivity index (χ1n) is 9.38. The second kappa shape index (κ2) is 10.3. The number of nitrogens with one attached hydrogen (secondary N) is 1. The van der Waals surface area contributed by atoms with Crippen LogP contribution in [0, 0.1) is 0 Å². The molecule has 1 saturated heterocycles. The van der Waals surface area contributed by atoms with Crippen LogP contribution >= 0.6 is 15.9 Å². The van der Waals surface area contributed by atoms with Gasteiger partial charge in [0.15, 0.2) is 6.61 Å². The lowest BCUT2D eigenvalue weighted by Gasteiger charge is -2.36. The zero-order chi connectivity index (χ0) is 18.9. The van der Waals surface area contributed by atoms with Gasteiger partial charge in [0, 0.05) is 42.9 Å².